The van der Waals surface area contributed by atoms with Crippen molar-refractivity contribution in [3.05, 3.63) is 54.1 Å². The highest BCUT2D eigenvalue weighted by atomic mass is 32.2. The molecule has 1 aromatic heterocycles. The van der Waals surface area contributed by atoms with E-state index in [4.69, 9.17) is 0 Å². The third-order valence-corrected chi connectivity index (χ3v) is 5.85. The van der Waals surface area contributed by atoms with Crippen LogP contribution < -0.4 is 0 Å². The molecule has 0 amide bonds. The van der Waals surface area contributed by atoms with Gasteiger partial charge in [0.15, 0.2) is 0 Å². The first-order chi connectivity index (χ1) is 10.6. The van der Waals surface area contributed by atoms with Crippen LogP contribution in [0.3, 0.4) is 0 Å². The molecule has 0 radical (unpaired) electrons. The Morgan fingerprint density at radius 1 is 1.27 bits per heavy atom. The van der Waals surface area contributed by atoms with E-state index in [1.54, 1.807) is 16.7 Å². The van der Waals surface area contributed by atoms with Crippen molar-refractivity contribution in [3.63, 3.8) is 0 Å². The number of aromatic nitrogens is 2. The van der Waals surface area contributed by atoms with Gasteiger partial charge in [0.1, 0.15) is 5.82 Å². The van der Waals surface area contributed by atoms with Crippen LogP contribution >= 0.6 is 0 Å². The number of nitrogens with zero attached hydrogens (tertiary/aromatic N) is 3. The van der Waals surface area contributed by atoms with E-state index in [0.29, 0.717) is 19.6 Å². The first-order valence-corrected chi connectivity index (χ1v) is 8.88. The molecule has 1 atom stereocenters. The summed E-state index contributed by atoms with van der Waals surface area (Å²) in [6.45, 7) is 1.64. The van der Waals surface area contributed by atoms with E-state index in [0.717, 1.165) is 11.4 Å². The van der Waals surface area contributed by atoms with Gasteiger partial charge < -0.3 is 4.98 Å². The lowest BCUT2D eigenvalue weighted by Crippen LogP contribution is -2.49. The molecule has 22 heavy (non-hydrogen) atoms. The topological polar surface area (TPSA) is 69.3 Å². The average molecular weight is 320 g/mol. The molecule has 118 valence electrons. The first-order valence-electron chi connectivity index (χ1n) is 7.27. The average Bonchev–Trinajstić information content (AvgIpc) is 3.02. The van der Waals surface area contributed by atoms with Crippen molar-refractivity contribution < 1.29 is 8.42 Å². The minimum absolute atomic E-state index is 0.0331. The molecule has 0 aliphatic carbocycles. The van der Waals surface area contributed by atoms with E-state index in [1.807, 2.05) is 37.4 Å². The van der Waals surface area contributed by atoms with E-state index >= 15 is 0 Å². The molecule has 6 nitrogen and oxygen atoms in total. The Morgan fingerprint density at radius 3 is 2.73 bits per heavy atom. The van der Waals surface area contributed by atoms with Crippen molar-refractivity contribution in [1.29, 1.82) is 0 Å². The molecule has 2 aromatic rings. The fraction of sp³-hybridized carbons (Fsp3) is 0.400. The quantitative estimate of drug-likeness (QED) is 0.920. The maximum absolute atomic E-state index is 12.7. The van der Waals surface area contributed by atoms with Gasteiger partial charge in [0.2, 0.25) is 10.0 Å². The number of benzene rings is 1. The molecule has 1 aliphatic heterocycles. The van der Waals surface area contributed by atoms with Gasteiger partial charge in [-0.2, -0.15) is 4.31 Å². The number of piperazine rings is 1. The van der Waals surface area contributed by atoms with Crippen LogP contribution in [0.25, 0.3) is 0 Å². The lowest BCUT2D eigenvalue weighted by molar-refractivity contribution is 0.142. The number of rotatable bonds is 4. The number of aromatic amines is 1. The zero-order valence-electron chi connectivity index (χ0n) is 12.5. The minimum atomic E-state index is -3.32. The number of sulfonamides is 1. The highest BCUT2D eigenvalue weighted by Crippen LogP contribution is 2.24. The van der Waals surface area contributed by atoms with E-state index in [2.05, 4.69) is 14.9 Å². The van der Waals surface area contributed by atoms with Gasteiger partial charge in [0.05, 0.1) is 11.8 Å². The van der Waals surface area contributed by atoms with E-state index < -0.39 is 10.0 Å². The Bertz CT molecular complexity index is 700. The van der Waals surface area contributed by atoms with Crippen LogP contribution in [0.1, 0.15) is 17.4 Å². The van der Waals surface area contributed by atoms with E-state index in [1.165, 1.54) is 0 Å². The number of hydrogen-bond donors (Lipinski definition) is 1. The van der Waals surface area contributed by atoms with Crippen LogP contribution in [0.2, 0.25) is 0 Å². The lowest BCUT2D eigenvalue weighted by atomic mass is 10.2. The monoisotopic (exact) mass is 320 g/mol. The largest absolute Gasteiger partial charge is 0.347 e. The predicted molar refractivity (Wildman–Crippen MR) is 84.6 cm³/mol. The number of hydrogen-bond acceptors (Lipinski definition) is 4. The Balaban J connectivity index is 1.76. The summed E-state index contributed by atoms with van der Waals surface area (Å²) in [4.78, 5) is 9.49. The minimum Gasteiger partial charge on any atom is -0.347 e. The number of imidazole rings is 1. The molecule has 2 heterocycles. The molecule has 3 rings (SSSR count). The van der Waals surface area contributed by atoms with E-state index in [9.17, 15) is 8.42 Å². The Hall–Kier alpha value is -1.70. The van der Waals surface area contributed by atoms with Gasteiger partial charge in [0, 0.05) is 32.0 Å². The van der Waals surface area contributed by atoms with Crippen LogP contribution in [-0.2, 0) is 15.8 Å². The second-order valence-electron chi connectivity index (χ2n) is 5.57. The molecule has 1 N–H and O–H groups in total. The maximum atomic E-state index is 12.7. The summed E-state index contributed by atoms with van der Waals surface area (Å²) in [5.74, 6) is 0.852. The molecule has 1 saturated heterocycles. The molecule has 0 spiro atoms. The zero-order chi connectivity index (χ0) is 15.6. The standard InChI is InChI=1S/C15H20N4O2S/c1-18-9-10-19(11-14(18)15-16-7-8-17-15)22(20,21)12-13-5-3-2-4-6-13/h2-8,14H,9-12H2,1H3,(H,16,17). The third kappa shape index (κ3) is 3.21. The molecule has 0 saturated carbocycles. The van der Waals surface area contributed by atoms with Gasteiger partial charge in [-0.05, 0) is 12.6 Å². The Morgan fingerprint density at radius 2 is 2.05 bits per heavy atom. The van der Waals surface area contributed by atoms with Gasteiger partial charge in [-0.1, -0.05) is 30.3 Å². The molecular formula is C15H20N4O2S. The highest BCUT2D eigenvalue weighted by molar-refractivity contribution is 7.88. The van der Waals surface area contributed by atoms with E-state index in [-0.39, 0.29) is 11.8 Å². The summed E-state index contributed by atoms with van der Waals surface area (Å²) in [6, 6.07) is 9.27. The Kier molecular flexibility index (Phi) is 4.28. The molecule has 1 unspecified atom stereocenters. The Labute approximate surface area is 130 Å². The molecule has 7 heteroatoms. The third-order valence-electron chi connectivity index (χ3n) is 4.03. The maximum Gasteiger partial charge on any atom is 0.218 e. The van der Waals surface area contributed by atoms with Crippen molar-refractivity contribution in [3.8, 4) is 0 Å². The number of nitrogens with one attached hydrogen (secondary N) is 1. The normalized spacial score (nSPS) is 21.0. The molecular weight excluding hydrogens is 300 g/mol. The molecule has 1 aliphatic rings. The summed E-state index contributed by atoms with van der Waals surface area (Å²) in [5, 5.41) is 0. The van der Waals surface area contributed by atoms with Gasteiger partial charge in [-0.25, -0.2) is 13.4 Å². The summed E-state index contributed by atoms with van der Waals surface area (Å²) in [7, 11) is -1.32. The van der Waals surface area contributed by atoms with Crippen molar-refractivity contribution in [2.45, 2.75) is 11.8 Å². The van der Waals surface area contributed by atoms with Gasteiger partial charge in [-0.3, -0.25) is 4.90 Å². The van der Waals surface area contributed by atoms with Crippen LogP contribution in [0.4, 0.5) is 0 Å². The number of H-pyrrole nitrogens is 1. The van der Waals surface area contributed by atoms with Gasteiger partial charge >= 0.3 is 0 Å². The summed E-state index contributed by atoms with van der Waals surface area (Å²) in [6.07, 6.45) is 3.46. The van der Waals surface area contributed by atoms with Crippen molar-refractivity contribution in [2.75, 3.05) is 26.7 Å². The fourth-order valence-corrected chi connectivity index (χ4v) is 4.26. The van der Waals surface area contributed by atoms with Crippen LogP contribution in [0, 0.1) is 0 Å². The first kappa shape index (κ1) is 15.2. The summed E-state index contributed by atoms with van der Waals surface area (Å²) < 4.78 is 26.9. The second kappa shape index (κ2) is 6.20. The smallest absolute Gasteiger partial charge is 0.218 e. The predicted octanol–water partition coefficient (Wildman–Crippen LogP) is 1.23. The van der Waals surface area contributed by atoms with Crippen LogP contribution in [0.15, 0.2) is 42.7 Å². The second-order valence-corrected chi connectivity index (χ2v) is 7.54. The summed E-state index contributed by atoms with van der Waals surface area (Å²) >= 11 is 0. The molecule has 1 fully saturated rings. The van der Waals surface area contributed by atoms with Crippen molar-refractivity contribution in [1.82, 2.24) is 19.2 Å². The zero-order valence-corrected chi connectivity index (χ0v) is 13.3. The van der Waals surface area contributed by atoms with Gasteiger partial charge in [0.25, 0.3) is 0 Å². The number of likely N-dealkylation sites (N-methyl/N-ethyl adjacent to an activating group) is 1. The van der Waals surface area contributed by atoms with Crippen LogP contribution in [-0.4, -0.2) is 54.3 Å². The van der Waals surface area contributed by atoms with Crippen LogP contribution in [0.5, 0.6) is 0 Å². The van der Waals surface area contributed by atoms with Crippen molar-refractivity contribution >= 4 is 10.0 Å². The van der Waals surface area contributed by atoms with Crippen molar-refractivity contribution in [2.24, 2.45) is 0 Å². The summed E-state index contributed by atoms with van der Waals surface area (Å²) in [5.41, 5.74) is 0.816. The van der Waals surface area contributed by atoms with Gasteiger partial charge in [-0.15, -0.1) is 0 Å². The molecule has 0 bridgehead atoms. The molecule has 1 aromatic carbocycles. The lowest BCUT2D eigenvalue weighted by Gasteiger charge is -2.37. The fourth-order valence-electron chi connectivity index (χ4n) is 2.73. The SMILES string of the molecule is CN1CCN(S(=O)(=O)Cc2ccccc2)CC1c1ncc[nH]1. The highest BCUT2D eigenvalue weighted by Gasteiger charge is 2.33.